The van der Waals surface area contributed by atoms with E-state index in [4.69, 9.17) is 0 Å². The molecule has 2 heterocycles. The van der Waals surface area contributed by atoms with Gasteiger partial charge in [0.15, 0.2) is 0 Å². The Balaban J connectivity index is 1.86. The van der Waals surface area contributed by atoms with Crippen LogP contribution in [0.15, 0.2) is 17.6 Å². The topological polar surface area (TPSA) is 42.7 Å². The van der Waals surface area contributed by atoms with E-state index in [1.807, 2.05) is 17.8 Å². The van der Waals surface area contributed by atoms with Crippen molar-refractivity contribution in [1.29, 1.82) is 0 Å². The van der Waals surface area contributed by atoms with Crippen molar-refractivity contribution in [3.05, 3.63) is 34.0 Å². The lowest BCUT2D eigenvalue weighted by molar-refractivity contribution is 0.542. The quantitative estimate of drug-likeness (QED) is 0.871. The van der Waals surface area contributed by atoms with Crippen LogP contribution >= 0.6 is 11.3 Å². The molecule has 0 saturated carbocycles. The predicted octanol–water partition coefficient (Wildman–Crippen LogP) is 2.44. The second-order valence-corrected chi connectivity index (χ2v) is 5.95. The van der Waals surface area contributed by atoms with Gasteiger partial charge in [-0.2, -0.15) is 5.10 Å². The molecule has 2 rings (SSSR count). The zero-order valence-electron chi connectivity index (χ0n) is 11.2. The minimum atomic E-state index is 0.671. The smallest absolute Gasteiger partial charge is 0.0898 e. The van der Waals surface area contributed by atoms with Crippen LogP contribution in [0.3, 0.4) is 0 Å². The first-order chi connectivity index (χ1) is 8.63. The summed E-state index contributed by atoms with van der Waals surface area (Å²) in [6.07, 6.45) is 2.01. The normalized spacial score (nSPS) is 11.3. The van der Waals surface area contributed by atoms with Gasteiger partial charge in [-0.25, -0.2) is 4.98 Å². The van der Waals surface area contributed by atoms with Crippen LogP contribution in [0.4, 0.5) is 0 Å². The number of aromatic nitrogens is 3. The Kier molecular flexibility index (Phi) is 4.49. The van der Waals surface area contributed by atoms with Gasteiger partial charge in [0, 0.05) is 18.1 Å². The van der Waals surface area contributed by atoms with Gasteiger partial charge in [-0.1, -0.05) is 13.8 Å². The van der Waals surface area contributed by atoms with Crippen molar-refractivity contribution >= 4 is 11.3 Å². The SMILES string of the molecule is Cc1nc(Cn2ccc(CNCC(C)C)n2)cs1. The standard InChI is InChI=1S/C13H20N4S/c1-10(2)6-14-7-12-4-5-17(16-12)8-13-9-18-11(3)15-13/h4-5,9-10,14H,6-8H2,1-3H3. The Morgan fingerprint density at radius 3 is 2.89 bits per heavy atom. The van der Waals surface area contributed by atoms with Crippen molar-refractivity contribution in [3.63, 3.8) is 0 Å². The van der Waals surface area contributed by atoms with Gasteiger partial charge in [-0.15, -0.1) is 11.3 Å². The molecule has 0 bridgehead atoms. The first-order valence-electron chi connectivity index (χ1n) is 6.27. The first-order valence-corrected chi connectivity index (χ1v) is 7.15. The number of nitrogens with zero attached hydrogens (tertiary/aromatic N) is 3. The molecule has 4 nitrogen and oxygen atoms in total. The fraction of sp³-hybridized carbons (Fsp3) is 0.538. The summed E-state index contributed by atoms with van der Waals surface area (Å²) in [6.45, 7) is 9.05. The highest BCUT2D eigenvalue weighted by Crippen LogP contribution is 2.09. The van der Waals surface area contributed by atoms with E-state index in [9.17, 15) is 0 Å². The molecule has 0 atom stereocenters. The fourth-order valence-electron chi connectivity index (χ4n) is 1.72. The highest BCUT2D eigenvalue weighted by molar-refractivity contribution is 7.09. The van der Waals surface area contributed by atoms with Gasteiger partial charge in [-0.05, 0) is 25.5 Å². The summed E-state index contributed by atoms with van der Waals surface area (Å²) in [7, 11) is 0. The highest BCUT2D eigenvalue weighted by Gasteiger charge is 2.03. The van der Waals surface area contributed by atoms with Gasteiger partial charge in [0.2, 0.25) is 0 Å². The van der Waals surface area contributed by atoms with E-state index in [0.29, 0.717) is 5.92 Å². The second kappa shape index (κ2) is 6.11. The van der Waals surface area contributed by atoms with E-state index in [0.717, 1.165) is 36.0 Å². The molecular weight excluding hydrogens is 244 g/mol. The summed E-state index contributed by atoms with van der Waals surface area (Å²) >= 11 is 1.68. The van der Waals surface area contributed by atoms with Crippen LogP contribution in [0, 0.1) is 12.8 Å². The molecule has 98 valence electrons. The van der Waals surface area contributed by atoms with Crippen LogP contribution in [-0.2, 0) is 13.1 Å². The van der Waals surface area contributed by atoms with E-state index < -0.39 is 0 Å². The van der Waals surface area contributed by atoms with Crippen molar-refractivity contribution in [2.24, 2.45) is 5.92 Å². The van der Waals surface area contributed by atoms with Gasteiger partial charge in [0.25, 0.3) is 0 Å². The lowest BCUT2D eigenvalue weighted by Crippen LogP contribution is -2.19. The van der Waals surface area contributed by atoms with E-state index in [2.05, 4.69) is 40.7 Å². The number of aryl methyl sites for hydroxylation is 1. The number of hydrogen-bond donors (Lipinski definition) is 1. The molecule has 0 fully saturated rings. The monoisotopic (exact) mass is 264 g/mol. The minimum absolute atomic E-state index is 0.671. The third kappa shape index (κ3) is 3.92. The fourth-order valence-corrected chi connectivity index (χ4v) is 2.33. The lowest BCUT2D eigenvalue weighted by Gasteiger charge is -2.04. The maximum absolute atomic E-state index is 4.53. The third-order valence-corrected chi connectivity index (χ3v) is 3.37. The van der Waals surface area contributed by atoms with Gasteiger partial charge < -0.3 is 5.32 Å². The molecule has 2 aromatic heterocycles. The van der Waals surface area contributed by atoms with Crippen molar-refractivity contribution in [3.8, 4) is 0 Å². The predicted molar refractivity (Wildman–Crippen MR) is 74.7 cm³/mol. The summed E-state index contributed by atoms with van der Waals surface area (Å²) in [6, 6.07) is 2.06. The van der Waals surface area contributed by atoms with Crippen LogP contribution in [-0.4, -0.2) is 21.3 Å². The Labute approximate surface area is 112 Å². The molecule has 5 heteroatoms. The van der Waals surface area contributed by atoms with Crippen molar-refractivity contribution in [2.75, 3.05) is 6.54 Å². The number of nitrogens with one attached hydrogen (secondary N) is 1. The molecule has 18 heavy (non-hydrogen) atoms. The molecule has 0 saturated heterocycles. The van der Waals surface area contributed by atoms with Crippen molar-refractivity contribution < 1.29 is 0 Å². The average Bonchev–Trinajstić information content (AvgIpc) is 2.89. The van der Waals surface area contributed by atoms with Crippen LogP contribution in [0.1, 0.15) is 30.2 Å². The molecule has 0 aromatic carbocycles. The number of hydrogen-bond acceptors (Lipinski definition) is 4. The van der Waals surface area contributed by atoms with E-state index >= 15 is 0 Å². The van der Waals surface area contributed by atoms with Crippen LogP contribution in [0.2, 0.25) is 0 Å². The molecule has 0 spiro atoms. The number of thiazole rings is 1. The average molecular weight is 264 g/mol. The Morgan fingerprint density at radius 2 is 2.22 bits per heavy atom. The maximum atomic E-state index is 4.53. The van der Waals surface area contributed by atoms with Crippen LogP contribution in [0.5, 0.6) is 0 Å². The maximum Gasteiger partial charge on any atom is 0.0898 e. The lowest BCUT2D eigenvalue weighted by atomic mass is 10.2. The summed E-state index contributed by atoms with van der Waals surface area (Å²) in [4.78, 5) is 4.44. The largest absolute Gasteiger partial charge is 0.311 e. The van der Waals surface area contributed by atoms with Gasteiger partial charge in [0.1, 0.15) is 0 Å². The third-order valence-electron chi connectivity index (χ3n) is 2.55. The minimum Gasteiger partial charge on any atom is -0.311 e. The second-order valence-electron chi connectivity index (χ2n) is 4.89. The molecular formula is C13H20N4S. The zero-order chi connectivity index (χ0) is 13.0. The zero-order valence-corrected chi connectivity index (χ0v) is 12.0. The molecule has 0 amide bonds. The van der Waals surface area contributed by atoms with E-state index in [1.165, 1.54) is 0 Å². The molecule has 0 aliphatic carbocycles. The Morgan fingerprint density at radius 1 is 1.39 bits per heavy atom. The summed E-state index contributed by atoms with van der Waals surface area (Å²) < 4.78 is 1.95. The molecule has 1 N–H and O–H groups in total. The van der Waals surface area contributed by atoms with Gasteiger partial charge in [-0.3, -0.25) is 4.68 Å². The number of rotatable bonds is 6. The van der Waals surface area contributed by atoms with Crippen LogP contribution < -0.4 is 5.32 Å². The van der Waals surface area contributed by atoms with Crippen molar-refractivity contribution in [1.82, 2.24) is 20.1 Å². The van der Waals surface area contributed by atoms with Gasteiger partial charge in [0.05, 0.1) is 22.9 Å². The summed E-state index contributed by atoms with van der Waals surface area (Å²) in [5.41, 5.74) is 2.17. The summed E-state index contributed by atoms with van der Waals surface area (Å²) in [5, 5.41) is 11.1. The molecule has 0 unspecified atom stereocenters. The Bertz CT molecular complexity index is 487. The molecule has 0 aliphatic rings. The Hall–Kier alpha value is -1.20. The van der Waals surface area contributed by atoms with Crippen molar-refractivity contribution in [2.45, 2.75) is 33.9 Å². The van der Waals surface area contributed by atoms with E-state index in [-0.39, 0.29) is 0 Å². The molecule has 0 radical (unpaired) electrons. The highest BCUT2D eigenvalue weighted by atomic mass is 32.1. The first kappa shape index (κ1) is 13.2. The van der Waals surface area contributed by atoms with E-state index in [1.54, 1.807) is 11.3 Å². The molecule has 0 aliphatic heterocycles. The van der Waals surface area contributed by atoms with Crippen LogP contribution in [0.25, 0.3) is 0 Å². The van der Waals surface area contributed by atoms with Gasteiger partial charge >= 0.3 is 0 Å². The molecule has 2 aromatic rings. The summed E-state index contributed by atoms with van der Waals surface area (Å²) in [5.74, 6) is 0.671.